The Morgan fingerprint density at radius 2 is 1.82 bits per heavy atom. The fraction of sp³-hybridized carbons (Fsp3) is 0.267. The van der Waals surface area contributed by atoms with Crippen LogP contribution in [0.4, 0.5) is 8.78 Å². The molecule has 1 atom stereocenters. The second-order valence-corrected chi connectivity index (χ2v) is 5.04. The van der Waals surface area contributed by atoms with Crippen molar-refractivity contribution in [1.82, 2.24) is 4.98 Å². The predicted octanol–water partition coefficient (Wildman–Crippen LogP) is 3.92. The van der Waals surface area contributed by atoms with Gasteiger partial charge in [0.25, 0.3) is 0 Å². The van der Waals surface area contributed by atoms with E-state index >= 15 is 0 Å². The number of hydrogen-bond donors (Lipinski definition) is 1. The molecule has 1 unspecified atom stereocenters. The number of benzene rings is 1. The van der Waals surface area contributed by atoms with Gasteiger partial charge in [0.15, 0.2) is 0 Å². The first-order valence-corrected chi connectivity index (χ1v) is 6.85. The molecule has 0 aliphatic rings. The number of pyridine rings is 1. The number of ether oxygens (including phenoxy) is 2. The first kappa shape index (κ1) is 16.5. The van der Waals surface area contributed by atoms with Gasteiger partial charge in [0, 0.05) is 12.3 Å². The summed E-state index contributed by atoms with van der Waals surface area (Å²) >= 11 is 4.90. The molecule has 1 aromatic carbocycles. The average molecular weight is 330 g/mol. The Morgan fingerprint density at radius 1 is 1.18 bits per heavy atom. The van der Waals surface area contributed by atoms with Crippen LogP contribution in [0.3, 0.4) is 0 Å². The number of aromatic nitrogens is 1. The molecular weight excluding hydrogens is 316 g/mol. The van der Waals surface area contributed by atoms with E-state index in [0.717, 1.165) is 12.3 Å². The molecule has 118 valence electrons. The predicted molar refractivity (Wildman–Crippen MR) is 77.7 cm³/mol. The second kappa shape index (κ2) is 6.89. The van der Waals surface area contributed by atoms with Crippen LogP contribution in [0.25, 0.3) is 0 Å². The van der Waals surface area contributed by atoms with Crippen molar-refractivity contribution in [1.29, 1.82) is 0 Å². The first-order valence-electron chi connectivity index (χ1n) is 6.47. The molecule has 0 aliphatic carbocycles. The molecule has 0 aliphatic heterocycles. The van der Waals surface area contributed by atoms with Crippen molar-refractivity contribution in [3.05, 3.63) is 48.2 Å². The standard InChI is InChI=1S/C15H14ClF2NO3/c1-10(9-20)21-12-3-5-13(6-4-12)22-14-7-2-11(8-19-14)15(16,17)18/h2-8,10,20H,9H2,1H3. The molecule has 0 amide bonds. The van der Waals surface area contributed by atoms with Crippen LogP contribution in [0, 0.1) is 0 Å². The molecule has 2 aromatic rings. The van der Waals surface area contributed by atoms with E-state index in [9.17, 15) is 8.78 Å². The summed E-state index contributed by atoms with van der Waals surface area (Å²) in [5.41, 5.74) is -0.400. The van der Waals surface area contributed by atoms with Crippen molar-refractivity contribution in [2.75, 3.05) is 6.61 Å². The minimum atomic E-state index is -3.45. The van der Waals surface area contributed by atoms with Crippen LogP contribution in [0.5, 0.6) is 17.4 Å². The Morgan fingerprint density at radius 3 is 2.32 bits per heavy atom. The molecule has 0 saturated heterocycles. The topological polar surface area (TPSA) is 51.6 Å². The van der Waals surface area contributed by atoms with Crippen LogP contribution in [0.15, 0.2) is 42.6 Å². The van der Waals surface area contributed by atoms with Gasteiger partial charge in [-0.2, -0.15) is 8.78 Å². The van der Waals surface area contributed by atoms with Crippen molar-refractivity contribution in [3.8, 4) is 17.4 Å². The van der Waals surface area contributed by atoms with Crippen LogP contribution >= 0.6 is 11.6 Å². The van der Waals surface area contributed by atoms with E-state index in [1.807, 2.05) is 0 Å². The normalized spacial score (nSPS) is 12.8. The summed E-state index contributed by atoms with van der Waals surface area (Å²) < 4.78 is 36.5. The maximum Gasteiger partial charge on any atom is 0.349 e. The highest BCUT2D eigenvalue weighted by Crippen LogP contribution is 2.32. The van der Waals surface area contributed by atoms with Crippen LogP contribution in [0.2, 0.25) is 0 Å². The lowest BCUT2D eigenvalue weighted by Gasteiger charge is -2.12. The van der Waals surface area contributed by atoms with E-state index in [-0.39, 0.29) is 18.6 Å². The molecule has 1 aromatic heterocycles. The van der Waals surface area contributed by atoms with Gasteiger partial charge in [0.2, 0.25) is 5.88 Å². The molecule has 0 fully saturated rings. The maximum atomic E-state index is 12.8. The molecule has 0 radical (unpaired) electrons. The molecule has 1 heterocycles. The van der Waals surface area contributed by atoms with Crippen LogP contribution in [-0.4, -0.2) is 22.8 Å². The highest BCUT2D eigenvalue weighted by atomic mass is 35.5. The Kier molecular flexibility index (Phi) is 5.15. The molecule has 22 heavy (non-hydrogen) atoms. The Labute approximate surface area is 131 Å². The van der Waals surface area contributed by atoms with Crippen molar-refractivity contribution in [2.24, 2.45) is 0 Å². The lowest BCUT2D eigenvalue weighted by Crippen LogP contribution is -2.15. The second-order valence-electron chi connectivity index (χ2n) is 4.57. The highest BCUT2D eigenvalue weighted by molar-refractivity contribution is 6.21. The summed E-state index contributed by atoms with van der Waals surface area (Å²) in [6.07, 6.45) is 0.654. The minimum absolute atomic E-state index is 0.0836. The zero-order valence-electron chi connectivity index (χ0n) is 11.7. The smallest absolute Gasteiger partial charge is 0.349 e. The lowest BCUT2D eigenvalue weighted by molar-refractivity contribution is 0.0946. The van der Waals surface area contributed by atoms with Crippen LogP contribution in [-0.2, 0) is 5.38 Å². The Bertz CT molecular complexity index is 600. The number of aliphatic hydroxyl groups excluding tert-OH is 1. The lowest BCUT2D eigenvalue weighted by atomic mass is 10.3. The number of aliphatic hydroxyl groups is 1. The number of alkyl halides is 3. The van der Waals surface area contributed by atoms with Gasteiger partial charge in [0.05, 0.1) is 12.2 Å². The average Bonchev–Trinajstić information content (AvgIpc) is 2.49. The van der Waals surface area contributed by atoms with E-state index in [4.69, 9.17) is 26.2 Å². The van der Waals surface area contributed by atoms with E-state index in [0.29, 0.717) is 11.5 Å². The Balaban J connectivity index is 2.02. The first-order chi connectivity index (χ1) is 10.4. The van der Waals surface area contributed by atoms with E-state index in [1.165, 1.54) is 6.07 Å². The molecular formula is C15H14ClF2NO3. The summed E-state index contributed by atoms with van der Waals surface area (Å²) in [5, 5.41) is 5.45. The molecule has 0 bridgehead atoms. The van der Waals surface area contributed by atoms with E-state index in [2.05, 4.69) is 4.98 Å². The van der Waals surface area contributed by atoms with Crippen LogP contribution < -0.4 is 9.47 Å². The molecule has 4 nitrogen and oxygen atoms in total. The summed E-state index contributed by atoms with van der Waals surface area (Å²) in [4.78, 5) is 3.77. The van der Waals surface area contributed by atoms with Gasteiger partial charge in [-0.25, -0.2) is 4.98 Å². The van der Waals surface area contributed by atoms with E-state index < -0.39 is 10.9 Å². The third kappa shape index (κ3) is 4.54. The van der Waals surface area contributed by atoms with Gasteiger partial charge < -0.3 is 14.6 Å². The third-order valence-electron chi connectivity index (χ3n) is 2.70. The molecule has 0 saturated carbocycles. The summed E-state index contributed by atoms with van der Waals surface area (Å²) in [6.45, 7) is 1.66. The van der Waals surface area contributed by atoms with Crippen molar-refractivity contribution < 1.29 is 23.4 Å². The van der Waals surface area contributed by atoms with Crippen molar-refractivity contribution in [2.45, 2.75) is 18.4 Å². The number of rotatable bonds is 6. The van der Waals surface area contributed by atoms with E-state index in [1.54, 1.807) is 31.2 Å². The fourth-order valence-electron chi connectivity index (χ4n) is 1.58. The SMILES string of the molecule is CC(CO)Oc1ccc(Oc2ccc(C(F)(F)Cl)cn2)cc1. The monoisotopic (exact) mass is 329 g/mol. The van der Waals surface area contributed by atoms with Gasteiger partial charge >= 0.3 is 5.38 Å². The summed E-state index contributed by atoms with van der Waals surface area (Å²) in [5.74, 6) is 1.22. The van der Waals surface area contributed by atoms with Crippen molar-refractivity contribution in [3.63, 3.8) is 0 Å². The van der Waals surface area contributed by atoms with Gasteiger partial charge in [-0.1, -0.05) is 0 Å². The number of halogens is 3. The largest absolute Gasteiger partial charge is 0.488 e. The molecule has 0 spiro atoms. The molecule has 7 heteroatoms. The summed E-state index contributed by atoms with van der Waals surface area (Å²) in [7, 11) is 0. The fourth-order valence-corrected chi connectivity index (χ4v) is 1.70. The number of hydrogen-bond acceptors (Lipinski definition) is 4. The molecule has 1 N–H and O–H groups in total. The minimum Gasteiger partial charge on any atom is -0.488 e. The van der Waals surface area contributed by atoms with Gasteiger partial charge in [-0.15, -0.1) is 0 Å². The quantitative estimate of drug-likeness (QED) is 0.816. The van der Waals surface area contributed by atoms with Crippen LogP contribution in [0.1, 0.15) is 12.5 Å². The zero-order chi connectivity index (χ0) is 16.2. The number of nitrogens with zero attached hydrogens (tertiary/aromatic N) is 1. The summed E-state index contributed by atoms with van der Waals surface area (Å²) in [6, 6.07) is 9.08. The van der Waals surface area contributed by atoms with Gasteiger partial charge in [-0.3, -0.25) is 0 Å². The Hall–Kier alpha value is -1.92. The molecule has 2 rings (SSSR count). The maximum absolute atomic E-state index is 12.8. The van der Waals surface area contributed by atoms with Gasteiger partial charge in [0.1, 0.15) is 17.6 Å². The third-order valence-corrected chi connectivity index (χ3v) is 2.92. The highest BCUT2D eigenvalue weighted by Gasteiger charge is 2.28. The van der Waals surface area contributed by atoms with Crippen molar-refractivity contribution >= 4 is 11.6 Å². The van der Waals surface area contributed by atoms with Gasteiger partial charge in [-0.05, 0) is 48.9 Å². The zero-order valence-corrected chi connectivity index (χ0v) is 12.4.